The lowest BCUT2D eigenvalue weighted by atomic mass is 10.0. The smallest absolute Gasteiger partial charge is 0.271 e. The Hall–Kier alpha value is -1.29. The normalized spacial score (nSPS) is 20.4. The molecule has 2 rings (SSSR count). The Balaban J connectivity index is 2.29. The standard InChI is InChI=1S/C12H15ClN2O2/c1-9-4-2-3-7-14(9)12-6-5-10(15(16)17)8-11(12)13/h5-6,8-9H,2-4,7H2,1H3. The summed E-state index contributed by atoms with van der Waals surface area (Å²) in [5, 5.41) is 11.1. The van der Waals surface area contributed by atoms with Crippen molar-refractivity contribution in [2.45, 2.75) is 32.2 Å². The monoisotopic (exact) mass is 254 g/mol. The molecule has 1 heterocycles. The maximum absolute atomic E-state index is 10.6. The second kappa shape index (κ2) is 4.92. The first kappa shape index (κ1) is 12.2. The Morgan fingerprint density at radius 3 is 2.82 bits per heavy atom. The Kier molecular flexibility index (Phi) is 3.52. The number of benzene rings is 1. The van der Waals surface area contributed by atoms with E-state index in [9.17, 15) is 10.1 Å². The van der Waals surface area contributed by atoms with Crippen LogP contribution in [0.25, 0.3) is 0 Å². The Morgan fingerprint density at radius 2 is 2.24 bits per heavy atom. The quantitative estimate of drug-likeness (QED) is 0.598. The summed E-state index contributed by atoms with van der Waals surface area (Å²) < 4.78 is 0. The fraction of sp³-hybridized carbons (Fsp3) is 0.500. The zero-order valence-corrected chi connectivity index (χ0v) is 10.5. The van der Waals surface area contributed by atoms with E-state index in [1.165, 1.54) is 18.6 Å². The van der Waals surface area contributed by atoms with Crippen molar-refractivity contribution < 1.29 is 4.92 Å². The van der Waals surface area contributed by atoms with E-state index in [1.54, 1.807) is 6.07 Å². The minimum Gasteiger partial charge on any atom is -0.368 e. The molecule has 0 aliphatic carbocycles. The molecule has 0 aromatic heterocycles. The lowest BCUT2D eigenvalue weighted by Gasteiger charge is -2.35. The molecule has 1 aromatic carbocycles. The van der Waals surface area contributed by atoms with Crippen molar-refractivity contribution in [2.24, 2.45) is 0 Å². The van der Waals surface area contributed by atoms with Gasteiger partial charge in [-0.2, -0.15) is 0 Å². The molecule has 0 saturated carbocycles. The minimum atomic E-state index is -0.421. The van der Waals surface area contributed by atoms with Gasteiger partial charge in [-0.25, -0.2) is 0 Å². The van der Waals surface area contributed by atoms with Gasteiger partial charge < -0.3 is 4.90 Å². The Labute approximate surface area is 105 Å². The van der Waals surface area contributed by atoms with Crippen LogP contribution in [0.15, 0.2) is 18.2 Å². The highest BCUT2D eigenvalue weighted by Crippen LogP contribution is 2.33. The van der Waals surface area contributed by atoms with Crippen LogP contribution in [0.1, 0.15) is 26.2 Å². The molecule has 1 aliphatic heterocycles. The van der Waals surface area contributed by atoms with Crippen LogP contribution in [0.5, 0.6) is 0 Å². The van der Waals surface area contributed by atoms with Crippen LogP contribution >= 0.6 is 11.6 Å². The van der Waals surface area contributed by atoms with Crippen molar-refractivity contribution in [1.82, 2.24) is 0 Å². The van der Waals surface area contributed by atoms with E-state index in [-0.39, 0.29) is 5.69 Å². The topological polar surface area (TPSA) is 46.4 Å². The van der Waals surface area contributed by atoms with Gasteiger partial charge in [-0.05, 0) is 32.3 Å². The molecule has 1 aliphatic rings. The highest BCUT2D eigenvalue weighted by atomic mass is 35.5. The number of piperidine rings is 1. The summed E-state index contributed by atoms with van der Waals surface area (Å²) in [5.74, 6) is 0. The number of rotatable bonds is 2. The van der Waals surface area contributed by atoms with Crippen LogP contribution in [0.4, 0.5) is 11.4 Å². The van der Waals surface area contributed by atoms with Gasteiger partial charge in [0.15, 0.2) is 0 Å². The molecule has 1 unspecified atom stereocenters. The summed E-state index contributed by atoms with van der Waals surface area (Å²) in [7, 11) is 0. The number of anilines is 1. The fourth-order valence-corrected chi connectivity index (χ4v) is 2.58. The number of nitro groups is 1. The molecule has 1 aromatic rings. The van der Waals surface area contributed by atoms with Crippen LogP contribution in [0, 0.1) is 10.1 Å². The molecule has 4 nitrogen and oxygen atoms in total. The highest BCUT2D eigenvalue weighted by Gasteiger charge is 2.21. The van der Waals surface area contributed by atoms with E-state index in [2.05, 4.69) is 11.8 Å². The Bertz CT molecular complexity index is 437. The largest absolute Gasteiger partial charge is 0.368 e. The molecule has 5 heteroatoms. The summed E-state index contributed by atoms with van der Waals surface area (Å²) in [6, 6.07) is 5.14. The van der Waals surface area contributed by atoms with E-state index in [0.717, 1.165) is 25.1 Å². The van der Waals surface area contributed by atoms with E-state index >= 15 is 0 Å². The lowest BCUT2D eigenvalue weighted by Crippen LogP contribution is -2.37. The molecular formula is C12H15ClN2O2. The van der Waals surface area contributed by atoms with Gasteiger partial charge in [0.2, 0.25) is 0 Å². The van der Waals surface area contributed by atoms with Gasteiger partial charge in [-0.15, -0.1) is 0 Å². The zero-order valence-electron chi connectivity index (χ0n) is 9.73. The van der Waals surface area contributed by atoms with Crippen molar-refractivity contribution >= 4 is 23.0 Å². The summed E-state index contributed by atoms with van der Waals surface area (Å²) in [6.45, 7) is 3.13. The SMILES string of the molecule is CC1CCCCN1c1ccc([N+](=O)[O-])cc1Cl. The second-order valence-electron chi connectivity index (χ2n) is 4.43. The highest BCUT2D eigenvalue weighted by molar-refractivity contribution is 6.33. The summed E-state index contributed by atoms with van der Waals surface area (Å²) in [4.78, 5) is 12.4. The number of nitrogens with zero attached hydrogens (tertiary/aromatic N) is 2. The molecule has 92 valence electrons. The number of non-ortho nitro benzene ring substituents is 1. The van der Waals surface area contributed by atoms with Gasteiger partial charge in [0.25, 0.3) is 5.69 Å². The number of hydrogen-bond acceptors (Lipinski definition) is 3. The van der Waals surface area contributed by atoms with Gasteiger partial charge in [0.05, 0.1) is 15.6 Å². The lowest BCUT2D eigenvalue weighted by molar-refractivity contribution is -0.384. The molecular weight excluding hydrogens is 240 g/mol. The first-order chi connectivity index (χ1) is 8.09. The molecule has 0 bridgehead atoms. The third-order valence-electron chi connectivity index (χ3n) is 3.25. The predicted octanol–water partition coefficient (Wildman–Crippen LogP) is 3.63. The van der Waals surface area contributed by atoms with Gasteiger partial charge in [-0.3, -0.25) is 10.1 Å². The van der Waals surface area contributed by atoms with Crippen molar-refractivity contribution in [3.05, 3.63) is 33.3 Å². The first-order valence-corrected chi connectivity index (χ1v) is 6.18. The van der Waals surface area contributed by atoms with Gasteiger partial charge in [0.1, 0.15) is 0 Å². The Morgan fingerprint density at radius 1 is 1.47 bits per heavy atom. The molecule has 0 radical (unpaired) electrons. The van der Waals surface area contributed by atoms with Crippen molar-refractivity contribution in [1.29, 1.82) is 0 Å². The second-order valence-corrected chi connectivity index (χ2v) is 4.84. The van der Waals surface area contributed by atoms with Crippen LogP contribution in [0.3, 0.4) is 0 Å². The fourth-order valence-electron chi connectivity index (χ4n) is 2.30. The van der Waals surface area contributed by atoms with Gasteiger partial charge in [0, 0.05) is 24.7 Å². The molecule has 17 heavy (non-hydrogen) atoms. The number of nitro benzene ring substituents is 1. The molecule has 1 fully saturated rings. The van der Waals surface area contributed by atoms with E-state index < -0.39 is 4.92 Å². The number of halogens is 1. The minimum absolute atomic E-state index is 0.0448. The van der Waals surface area contributed by atoms with Crippen LogP contribution in [0.2, 0.25) is 5.02 Å². The van der Waals surface area contributed by atoms with Gasteiger partial charge in [-0.1, -0.05) is 11.6 Å². The maximum atomic E-state index is 10.6. The third-order valence-corrected chi connectivity index (χ3v) is 3.56. The van der Waals surface area contributed by atoms with Crippen molar-refractivity contribution in [3.63, 3.8) is 0 Å². The number of hydrogen-bond donors (Lipinski definition) is 0. The summed E-state index contributed by atoms with van der Waals surface area (Å²) in [6.07, 6.45) is 3.53. The summed E-state index contributed by atoms with van der Waals surface area (Å²) >= 11 is 6.13. The maximum Gasteiger partial charge on any atom is 0.271 e. The molecule has 0 amide bonds. The molecule has 0 N–H and O–H groups in total. The summed E-state index contributed by atoms with van der Waals surface area (Å²) in [5.41, 5.74) is 0.952. The average molecular weight is 255 g/mol. The molecule has 0 spiro atoms. The van der Waals surface area contributed by atoms with E-state index in [4.69, 9.17) is 11.6 Å². The third kappa shape index (κ3) is 2.52. The van der Waals surface area contributed by atoms with E-state index in [0.29, 0.717) is 11.1 Å². The van der Waals surface area contributed by atoms with Crippen molar-refractivity contribution in [2.75, 3.05) is 11.4 Å². The van der Waals surface area contributed by atoms with Crippen molar-refractivity contribution in [3.8, 4) is 0 Å². The average Bonchev–Trinajstić information content (AvgIpc) is 2.30. The van der Waals surface area contributed by atoms with Crippen LogP contribution in [-0.2, 0) is 0 Å². The van der Waals surface area contributed by atoms with Crippen LogP contribution < -0.4 is 4.90 Å². The molecule has 1 saturated heterocycles. The van der Waals surface area contributed by atoms with Crippen LogP contribution in [-0.4, -0.2) is 17.5 Å². The predicted molar refractivity (Wildman–Crippen MR) is 68.8 cm³/mol. The van der Waals surface area contributed by atoms with Gasteiger partial charge >= 0.3 is 0 Å². The zero-order chi connectivity index (χ0) is 12.4. The van der Waals surface area contributed by atoms with E-state index in [1.807, 2.05) is 0 Å². The first-order valence-electron chi connectivity index (χ1n) is 5.80. The molecule has 1 atom stereocenters.